The lowest BCUT2D eigenvalue weighted by molar-refractivity contribution is -0.0384. The highest BCUT2D eigenvalue weighted by Gasteiger charge is 2.42. The maximum atomic E-state index is 9.80. The third-order valence-electron chi connectivity index (χ3n) is 22.4. The zero-order valence-electron chi connectivity index (χ0n) is 60.6. The topological polar surface area (TPSA) is 323 Å². The Hall–Kier alpha value is -8.48. The third-order valence-corrected chi connectivity index (χ3v) is 31.5. The highest BCUT2D eigenvalue weighted by atomic mass is 28.4. The van der Waals surface area contributed by atoms with E-state index in [0.29, 0.717) is 35.7 Å². The fraction of sp³-hybridized carbons (Fsp3) is 0.487. The van der Waals surface area contributed by atoms with E-state index < -0.39 is 16.6 Å². The molecule has 26 heteroatoms. The van der Waals surface area contributed by atoms with Crippen LogP contribution in [0.1, 0.15) is 162 Å². The average Bonchev–Trinajstić information content (AvgIpc) is 1.57. The number of benzene rings is 3. The van der Waals surface area contributed by atoms with E-state index in [1.807, 2.05) is 75.1 Å². The first-order valence-electron chi connectivity index (χ1n) is 36.5. The Balaban J connectivity index is 0.000000121. The standard InChI is InChI=1S/C29H40N6O2Si.2C18H18N6O.C11H24O2Si/c1-29(2,3)38(4,5)37-21-11-10-20(17-21)34-18-23-27(33-34)22-12-9-19(16-24(22)32-28(23)30)25-13-14-31-35(25)26-8-6-7-15-36-26;19-18-14-9-24(11-2-3-12(25)8-11)23-17(14)13-4-1-10(7-16(13)21-18)15-5-6-20-22-15;19-18-13-10-20-23-17(13)12-5-4-11(9-14(12)22-18)15-6-7-21-24(15)16-3-1-2-8-25-16;1-11(2,3)14(4,5)13-10-7-6-9(12)8-10/h9,12-14,16,18,20-21,26H,6-8,10-11,15,17H2,1-5H3,(H2,30,32);1,4-7,9,11-12,25H,2-3,8H2,(H2,19,21)(H,20,22);4-7,9-10,16H,1-3,8H2,(H2,19,22)(H,20,23);9-10,12H,6-8H2,1-5H3. The molecule has 538 valence electrons. The molecular weight excluding hydrogens is 1320 g/mol. The molecule has 3 aromatic carbocycles. The van der Waals surface area contributed by atoms with E-state index in [1.54, 1.807) is 12.4 Å². The molecule has 3 saturated carbocycles. The number of nitrogens with two attached hydrogens (primary N) is 3. The zero-order valence-corrected chi connectivity index (χ0v) is 62.6. The van der Waals surface area contributed by atoms with Crippen molar-refractivity contribution < 1.29 is 28.5 Å². The van der Waals surface area contributed by atoms with Gasteiger partial charge in [-0.25, -0.2) is 24.3 Å². The first kappa shape index (κ1) is 70.6. The number of nitrogens with zero attached hydrogens (tertiary/aromatic N) is 13. The highest BCUT2D eigenvalue weighted by Crippen LogP contribution is 2.44. The Bertz CT molecular complexity index is 4920. The molecule has 3 aliphatic carbocycles. The van der Waals surface area contributed by atoms with Crippen LogP contribution in [0.2, 0.25) is 36.3 Å². The summed E-state index contributed by atoms with van der Waals surface area (Å²) in [5.41, 5.74) is 30.0. The predicted molar refractivity (Wildman–Crippen MR) is 408 cm³/mol. The van der Waals surface area contributed by atoms with E-state index in [-0.39, 0.29) is 40.8 Å². The van der Waals surface area contributed by atoms with Crippen molar-refractivity contribution in [3.8, 4) is 33.8 Å². The molecule has 8 unspecified atom stereocenters. The van der Waals surface area contributed by atoms with E-state index >= 15 is 0 Å². The Kier molecular flexibility index (Phi) is 19.8. The molecule has 0 radical (unpaired) electrons. The molecule has 102 heavy (non-hydrogen) atoms. The number of fused-ring (bicyclic) bond motifs is 9. The van der Waals surface area contributed by atoms with Crippen LogP contribution < -0.4 is 17.2 Å². The van der Waals surface area contributed by atoms with Gasteiger partial charge in [0.2, 0.25) is 0 Å². The molecule has 12 aromatic rings. The largest absolute Gasteiger partial charge is 0.414 e. The van der Waals surface area contributed by atoms with Gasteiger partial charge in [-0.2, -0.15) is 30.6 Å². The third kappa shape index (κ3) is 14.6. The molecule has 11 heterocycles. The fourth-order valence-electron chi connectivity index (χ4n) is 14.6. The molecule has 2 saturated heterocycles. The van der Waals surface area contributed by atoms with Crippen molar-refractivity contribution in [1.29, 1.82) is 0 Å². The fourth-order valence-corrected chi connectivity index (χ4v) is 17.4. The summed E-state index contributed by atoms with van der Waals surface area (Å²) in [6.45, 7) is 24.5. The molecule has 0 spiro atoms. The Morgan fingerprint density at radius 1 is 0.490 bits per heavy atom. The lowest BCUT2D eigenvalue weighted by Gasteiger charge is -2.38. The minimum Gasteiger partial charge on any atom is -0.414 e. The summed E-state index contributed by atoms with van der Waals surface area (Å²) in [6.07, 6.45) is 26.3. The van der Waals surface area contributed by atoms with Gasteiger partial charge in [-0.05, 0) is 187 Å². The Labute approximate surface area is 596 Å². The second kappa shape index (κ2) is 28.6. The van der Waals surface area contributed by atoms with Gasteiger partial charge in [-0.15, -0.1) is 0 Å². The monoisotopic (exact) mass is 1420 g/mol. The van der Waals surface area contributed by atoms with Gasteiger partial charge in [0.15, 0.2) is 29.1 Å². The molecule has 0 bridgehead atoms. The van der Waals surface area contributed by atoms with Crippen molar-refractivity contribution in [2.45, 2.75) is 223 Å². The summed E-state index contributed by atoms with van der Waals surface area (Å²) >= 11 is 0. The van der Waals surface area contributed by atoms with Gasteiger partial charge in [-0.1, -0.05) is 59.7 Å². The van der Waals surface area contributed by atoms with Crippen molar-refractivity contribution in [3.63, 3.8) is 0 Å². The van der Waals surface area contributed by atoms with Gasteiger partial charge in [-0.3, -0.25) is 19.6 Å². The lowest BCUT2D eigenvalue weighted by Crippen LogP contribution is -2.43. The second-order valence-electron chi connectivity index (χ2n) is 31.6. The number of aliphatic hydroxyl groups is 2. The quantitative estimate of drug-likeness (QED) is 0.0592. The summed E-state index contributed by atoms with van der Waals surface area (Å²) < 4.78 is 32.9. The number of nitrogens with one attached hydrogen (secondary N) is 2. The maximum absolute atomic E-state index is 9.80. The van der Waals surface area contributed by atoms with Crippen LogP contribution in [0.25, 0.3) is 99.2 Å². The van der Waals surface area contributed by atoms with Crippen molar-refractivity contribution >= 4 is 99.5 Å². The number of pyridine rings is 3. The molecule has 0 amide bonds. The van der Waals surface area contributed by atoms with Gasteiger partial charge < -0.3 is 45.7 Å². The number of H-pyrrole nitrogens is 2. The number of nitrogen functional groups attached to an aromatic ring is 3. The predicted octanol–water partition coefficient (Wildman–Crippen LogP) is 15.7. The summed E-state index contributed by atoms with van der Waals surface area (Å²) in [5, 5.41) is 58.3. The molecule has 8 atom stereocenters. The van der Waals surface area contributed by atoms with E-state index in [4.69, 9.17) is 50.7 Å². The van der Waals surface area contributed by atoms with Gasteiger partial charge in [0.1, 0.15) is 28.5 Å². The van der Waals surface area contributed by atoms with E-state index in [2.05, 4.69) is 150 Å². The van der Waals surface area contributed by atoms with Gasteiger partial charge in [0, 0.05) is 89.3 Å². The molecular formula is C76H100N18O6Si2. The number of hydrogen-bond donors (Lipinski definition) is 7. The van der Waals surface area contributed by atoms with Crippen LogP contribution in [0, 0.1) is 0 Å². The summed E-state index contributed by atoms with van der Waals surface area (Å²) in [6, 6.07) is 25.1. The maximum Gasteiger partial charge on any atom is 0.192 e. The Morgan fingerprint density at radius 3 is 1.45 bits per heavy atom. The van der Waals surface area contributed by atoms with Crippen molar-refractivity contribution in [2.75, 3.05) is 30.4 Å². The Morgan fingerprint density at radius 2 is 0.961 bits per heavy atom. The first-order valence-corrected chi connectivity index (χ1v) is 42.4. The molecule has 2 aliphatic heterocycles. The van der Waals surface area contributed by atoms with E-state index in [1.165, 1.54) is 0 Å². The summed E-state index contributed by atoms with van der Waals surface area (Å²) in [4.78, 5) is 13.9. The van der Waals surface area contributed by atoms with Crippen LogP contribution in [-0.4, -0.2) is 139 Å². The van der Waals surface area contributed by atoms with Gasteiger partial charge >= 0.3 is 0 Å². The number of anilines is 3. The van der Waals surface area contributed by atoms with Crippen LogP contribution in [0.4, 0.5) is 17.5 Å². The second-order valence-corrected chi connectivity index (χ2v) is 41.1. The minimum absolute atomic E-state index is 0.00237. The molecule has 10 N–H and O–H groups in total. The number of aromatic nitrogens is 15. The number of aromatic amines is 2. The van der Waals surface area contributed by atoms with Crippen LogP contribution in [0.5, 0.6) is 0 Å². The van der Waals surface area contributed by atoms with E-state index in [0.717, 1.165) is 209 Å². The number of ether oxygens (including phenoxy) is 2. The lowest BCUT2D eigenvalue weighted by atomic mass is 10.1. The molecule has 24 nitrogen and oxygen atoms in total. The molecule has 9 aromatic heterocycles. The number of rotatable bonds is 11. The molecule has 17 rings (SSSR count). The van der Waals surface area contributed by atoms with Crippen molar-refractivity contribution in [2.24, 2.45) is 0 Å². The van der Waals surface area contributed by atoms with Crippen LogP contribution >= 0.6 is 0 Å². The molecule has 5 aliphatic rings. The van der Waals surface area contributed by atoms with E-state index in [9.17, 15) is 10.2 Å². The van der Waals surface area contributed by atoms with Crippen molar-refractivity contribution in [1.82, 2.24) is 74.5 Å². The summed E-state index contributed by atoms with van der Waals surface area (Å²) in [5.74, 6) is 1.48. The van der Waals surface area contributed by atoms with Crippen LogP contribution in [0.3, 0.4) is 0 Å². The summed E-state index contributed by atoms with van der Waals surface area (Å²) in [7, 11) is -3.41. The van der Waals surface area contributed by atoms with Gasteiger partial charge in [0.25, 0.3) is 0 Å². The SMILES string of the molecule is CC(C)(C)[Si](C)(C)OC1CCC(O)C1.CC(C)(C)[Si](C)(C)OC1CCC(n2cc3c(N)nc4cc(-c5ccnn5C5CCCCO5)ccc4c3n2)C1.Nc1nc2cc(-c3ccn[nH]3)ccc2c2nn(C3CCC(O)C3)cc12.Nc1nc2cc(-c3ccnn3C3CCCCO3)ccc2c2[nH]ncc12. The highest BCUT2D eigenvalue weighted by molar-refractivity contribution is 6.74. The van der Waals surface area contributed by atoms with Crippen LogP contribution in [0.15, 0.2) is 110 Å². The van der Waals surface area contributed by atoms with Gasteiger partial charge in [0.05, 0.1) is 85.8 Å². The number of aliphatic hydroxyl groups excluding tert-OH is 2. The van der Waals surface area contributed by atoms with Crippen LogP contribution in [-0.2, 0) is 18.3 Å². The minimum atomic E-state index is -1.79. The normalized spacial score (nSPS) is 22.2. The zero-order chi connectivity index (χ0) is 71.4. The van der Waals surface area contributed by atoms with Crippen molar-refractivity contribution in [3.05, 3.63) is 110 Å². The average molecular weight is 1420 g/mol. The number of hydrogen-bond acceptors (Lipinski definition) is 18. The molecule has 5 fully saturated rings. The smallest absolute Gasteiger partial charge is 0.192 e. The first-order chi connectivity index (χ1) is 48.8.